The molecule has 2 aliphatic rings. The average Bonchev–Trinajstić information content (AvgIpc) is 3.16. The summed E-state index contributed by atoms with van der Waals surface area (Å²) in [5.41, 5.74) is -1.28. The van der Waals surface area contributed by atoms with E-state index in [0.717, 1.165) is 12.8 Å². The standard InChI is InChI=1S/C16H19F3N2O2/c1-9-11(14(22)23)13(20-10(2)12(9)16(17,18)19)21-7-5-15(3-4-15)6-8-21/h3-8H2,1-2H3,(H,22,23). The van der Waals surface area contributed by atoms with Gasteiger partial charge in [-0.05, 0) is 50.5 Å². The van der Waals surface area contributed by atoms with Crippen molar-refractivity contribution in [2.45, 2.75) is 45.7 Å². The number of piperidine rings is 1. The molecule has 126 valence electrons. The van der Waals surface area contributed by atoms with Crippen LogP contribution in [0.3, 0.4) is 0 Å². The zero-order chi connectivity index (χ0) is 17.0. The van der Waals surface area contributed by atoms with Crippen LogP contribution in [0.2, 0.25) is 0 Å². The molecule has 1 aromatic rings. The van der Waals surface area contributed by atoms with Gasteiger partial charge in [0.1, 0.15) is 11.4 Å². The molecule has 2 heterocycles. The van der Waals surface area contributed by atoms with Crippen molar-refractivity contribution in [3.05, 3.63) is 22.4 Å². The van der Waals surface area contributed by atoms with E-state index in [9.17, 15) is 23.1 Å². The second-order valence-corrected chi connectivity index (χ2v) is 6.69. The summed E-state index contributed by atoms with van der Waals surface area (Å²) in [6.07, 6.45) is -0.306. The number of halogens is 3. The van der Waals surface area contributed by atoms with Crippen molar-refractivity contribution < 1.29 is 23.1 Å². The Kier molecular flexibility index (Phi) is 3.57. The molecule has 1 N–H and O–H groups in total. The van der Waals surface area contributed by atoms with E-state index in [0.29, 0.717) is 18.5 Å². The van der Waals surface area contributed by atoms with Crippen LogP contribution in [-0.4, -0.2) is 29.1 Å². The van der Waals surface area contributed by atoms with E-state index in [4.69, 9.17) is 0 Å². The minimum Gasteiger partial charge on any atom is -0.478 e. The number of rotatable bonds is 2. The lowest BCUT2D eigenvalue weighted by Crippen LogP contribution is -2.36. The second kappa shape index (κ2) is 5.11. The summed E-state index contributed by atoms with van der Waals surface area (Å²) in [5.74, 6) is -1.18. The molecule has 1 aliphatic heterocycles. The Balaban J connectivity index is 2.04. The van der Waals surface area contributed by atoms with Crippen LogP contribution in [0.5, 0.6) is 0 Å². The molecular weight excluding hydrogens is 309 g/mol. The van der Waals surface area contributed by atoms with Crippen molar-refractivity contribution >= 4 is 11.8 Å². The fraction of sp³-hybridized carbons (Fsp3) is 0.625. The summed E-state index contributed by atoms with van der Waals surface area (Å²) in [6, 6.07) is 0. The van der Waals surface area contributed by atoms with Crippen LogP contribution in [0.25, 0.3) is 0 Å². The number of hydrogen-bond donors (Lipinski definition) is 1. The topological polar surface area (TPSA) is 53.4 Å². The molecule has 1 saturated carbocycles. The number of alkyl halides is 3. The fourth-order valence-corrected chi connectivity index (χ4v) is 3.61. The first-order chi connectivity index (χ1) is 10.6. The van der Waals surface area contributed by atoms with Gasteiger partial charge in [0.25, 0.3) is 0 Å². The van der Waals surface area contributed by atoms with Crippen LogP contribution in [0.4, 0.5) is 19.0 Å². The maximum atomic E-state index is 13.2. The quantitative estimate of drug-likeness (QED) is 0.897. The maximum Gasteiger partial charge on any atom is 0.418 e. The molecule has 1 aliphatic carbocycles. The van der Waals surface area contributed by atoms with Gasteiger partial charge in [-0.1, -0.05) is 0 Å². The summed E-state index contributed by atoms with van der Waals surface area (Å²) < 4.78 is 39.6. The van der Waals surface area contributed by atoms with Crippen molar-refractivity contribution in [3.63, 3.8) is 0 Å². The number of carbonyl (C=O) groups is 1. The largest absolute Gasteiger partial charge is 0.478 e. The van der Waals surface area contributed by atoms with Gasteiger partial charge in [-0.2, -0.15) is 13.2 Å². The molecule has 0 atom stereocenters. The lowest BCUT2D eigenvalue weighted by Gasteiger charge is -2.34. The average molecular weight is 328 g/mol. The maximum absolute atomic E-state index is 13.2. The monoisotopic (exact) mass is 328 g/mol. The van der Waals surface area contributed by atoms with Crippen LogP contribution >= 0.6 is 0 Å². The van der Waals surface area contributed by atoms with Crippen LogP contribution in [0.15, 0.2) is 0 Å². The summed E-state index contributed by atoms with van der Waals surface area (Å²) >= 11 is 0. The van der Waals surface area contributed by atoms with Gasteiger partial charge >= 0.3 is 12.1 Å². The second-order valence-electron chi connectivity index (χ2n) is 6.69. The third-order valence-electron chi connectivity index (χ3n) is 5.19. The van der Waals surface area contributed by atoms with E-state index < -0.39 is 17.7 Å². The van der Waals surface area contributed by atoms with Gasteiger partial charge in [-0.15, -0.1) is 0 Å². The number of aromatic nitrogens is 1. The van der Waals surface area contributed by atoms with Crippen molar-refractivity contribution in [2.75, 3.05) is 18.0 Å². The van der Waals surface area contributed by atoms with E-state index in [2.05, 4.69) is 4.98 Å². The Morgan fingerprint density at radius 2 is 1.74 bits per heavy atom. The van der Waals surface area contributed by atoms with Gasteiger partial charge in [-0.25, -0.2) is 9.78 Å². The SMILES string of the molecule is Cc1nc(N2CCC3(CC2)CC3)c(C(=O)O)c(C)c1C(F)(F)F. The number of nitrogens with zero attached hydrogens (tertiary/aromatic N) is 2. The molecule has 7 heteroatoms. The first kappa shape index (κ1) is 16.1. The lowest BCUT2D eigenvalue weighted by molar-refractivity contribution is -0.138. The third kappa shape index (κ3) is 2.77. The molecular formula is C16H19F3N2O2. The van der Waals surface area contributed by atoms with E-state index >= 15 is 0 Å². The highest BCUT2D eigenvalue weighted by Crippen LogP contribution is 2.54. The minimum atomic E-state index is -4.61. The number of carboxylic acids is 1. The van der Waals surface area contributed by atoms with Crippen molar-refractivity contribution in [1.29, 1.82) is 0 Å². The molecule has 1 saturated heterocycles. The Morgan fingerprint density at radius 3 is 2.17 bits per heavy atom. The summed E-state index contributed by atoms with van der Waals surface area (Å²) in [6.45, 7) is 3.81. The molecule has 23 heavy (non-hydrogen) atoms. The van der Waals surface area contributed by atoms with Gasteiger partial charge < -0.3 is 10.0 Å². The van der Waals surface area contributed by atoms with Crippen molar-refractivity contribution in [2.24, 2.45) is 5.41 Å². The van der Waals surface area contributed by atoms with Crippen LogP contribution in [0.1, 0.15) is 52.9 Å². The molecule has 1 spiro atoms. The number of carboxylic acid groups (broad SMARTS) is 1. The fourth-order valence-electron chi connectivity index (χ4n) is 3.61. The third-order valence-corrected chi connectivity index (χ3v) is 5.19. The predicted molar refractivity (Wildman–Crippen MR) is 78.8 cm³/mol. The van der Waals surface area contributed by atoms with Gasteiger partial charge in [0.05, 0.1) is 11.3 Å². The number of anilines is 1. The van der Waals surface area contributed by atoms with E-state index in [-0.39, 0.29) is 22.6 Å². The smallest absolute Gasteiger partial charge is 0.418 e. The molecule has 1 aromatic heterocycles. The van der Waals surface area contributed by atoms with Crippen LogP contribution in [-0.2, 0) is 6.18 Å². The molecule has 0 aromatic carbocycles. The van der Waals surface area contributed by atoms with E-state index in [1.54, 1.807) is 0 Å². The molecule has 0 radical (unpaired) electrons. The Bertz CT molecular complexity index is 656. The van der Waals surface area contributed by atoms with Gasteiger partial charge in [0.2, 0.25) is 0 Å². The number of pyridine rings is 1. The van der Waals surface area contributed by atoms with E-state index in [1.165, 1.54) is 26.7 Å². The first-order valence-electron chi connectivity index (χ1n) is 7.71. The zero-order valence-corrected chi connectivity index (χ0v) is 13.1. The number of aryl methyl sites for hydroxylation is 1. The van der Waals surface area contributed by atoms with Crippen molar-refractivity contribution in [3.8, 4) is 0 Å². The minimum absolute atomic E-state index is 0.165. The summed E-state index contributed by atoms with van der Waals surface area (Å²) in [4.78, 5) is 17.4. The molecule has 0 bridgehead atoms. The highest BCUT2D eigenvalue weighted by molar-refractivity contribution is 5.95. The molecule has 4 nitrogen and oxygen atoms in total. The van der Waals surface area contributed by atoms with Crippen LogP contribution in [0, 0.1) is 19.3 Å². The molecule has 0 unspecified atom stereocenters. The summed E-state index contributed by atoms with van der Waals surface area (Å²) in [5, 5.41) is 9.44. The lowest BCUT2D eigenvalue weighted by atomic mass is 9.93. The van der Waals surface area contributed by atoms with Gasteiger partial charge in [0.15, 0.2) is 0 Å². The number of hydrogen-bond acceptors (Lipinski definition) is 3. The molecule has 3 rings (SSSR count). The predicted octanol–water partition coefficient (Wildman–Crippen LogP) is 3.80. The highest BCUT2D eigenvalue weighted by Gasteiger charge is 2.45. The van der Waals surface area contributed by atoms with Gasteiger partial charge in [-0.3, -0.25) is 0 Å². The highest BCUT2D eigenvalue weighted by atomic mass is 19.4. The van der Waals surface area contributed by atoms with E-state index in [1.807, 2.05) is 4.90 Å². The first-order valence-corrected chi connectivity index (χ1v) is 7.71. The Morgan fingerprint density at radius 1 is 1.17 bits per heavy atom. The van der Waals surface area contributed by atoms with Gasteiger partial charge in [0, 0.05) is 13.1 Å². The Labute approximate surface area is 132 Å². The summed E-state index contributed by atoms with van der Waals surface area (Å²) in [7, 11) is 0. The van der Waals surface area contributed by atoms with Crippen molar-refractivity contribution in [1.82, 2.24) is 4.98 Å². The normalized spacial score (nSPS) is 20.0. The van der Waals surface area contributed by atoms with Crippen LogP contribution < -0.4 is 4.90 Å². The number of aromatic carboxylic acids is 1. The molecule has 2 fully saturated rings. The zero-order valence-electron chi connectivity index (χ0n) is 13.1. The molecule has 0 amide bonds. The Hall–Kier alpha value is -1.79.